The topological polar surface area (TPSA) is 64.3 Å². The fraction of sp³-hybridized carbons (Fsp3) is 0.214. The molecule has 3 aromatic rings. The monoisotopic (exact) mass is 269 g/mol. The third-order valence-corrected chi connectivity index (χ3v) is 2.59. The number of aromatic nitrogens is 4. The Hall–Kier alpha value is -2.63. The zero-order valence-corrected chi connectivity index (χ0v) is 11.3. The molecule has 20 heavy (non-hydrogen) atoms. The van der Waals surface area contributed by atoms with Crippen molar-refractivity contribution in [3.63, 3.8) is 0 Å². The van der Waals surface area contributed by atoms with Crippen LogP contribution in [0.15, 0.2) is 42.6 Å². The lowest BCUT2D eigenvalue weighted by molar-refractivity contribution is 0.227. The van der Waals surface area contributed by atoms with Crippen LogP contribution in [0.5, 0.6) is 5.88 Å². The molecule has 0 fully saturated rings. The first-order valence-electron chi connectivity index (χ1n) is 6.43. The van der Waals surface area contributed by atoms with Gasteiger partial charge in [-0.2, -0.15) is 9.50 Å². The molecule has 0 aliphatic rings. The standard InChI is InChI=1S/C14H15N5O/c1-10(2)20-13-8-5-7-12-17-14(18-19(12)13)16-11-6-3-4-9-15-11/h3-10H,1-2H3,(H,15,16,18). The van der Waals surface area contributed by atoms with Crippen LogP contribution >= 0.6 is 0 Å². The molecule has 0 unspecified atom stereocenters. The smallest absolute Gasteiger partial charge is 0.248 e. The molecule has 102 valence electrons. The molecular weight excluding hydrogens is 254 g/mol. The van der Waals surface area contributed by atoms with Crippen LogP contribution in [0.4, 0.5) is 11.8 Å². The molecule has 0 bridgehead atoms. The Morgan fingerprint density at radius 2 is 2.05 bits per heavy atom. The molecule has 0 spiro atoms. The molecule has 3 rings (SSSR count). The first kappa shape index (κ1) is 12.4. The van der Waals surface area contributed by atoms with Gasteiger partial charge in [-0.25, -0.2) is 4.98 Å². The van der Waals surface area contributed by atoms with Gasteiger partial charge in [0.1, 0.15) is 5.82 Å². The lowest BCUT2D eigenvalue weighted by Crippen LogP contribution is -2.09. The maximum absolute atomic E-state index is 5.71. The maximum Gasteiger partial charge on any atom is 0.248 e. The number of pyridine rings is 2. The van der Waals surface area contributed by atoms with E-state index in [4.69, 9.17) is 4.74 Å². The predicted molar refractivity (Wildman–Crippen MR) is 76.3 cm³/mol. The Labute approximate surface area is 116 Å². The van der Waals surface area contributed by atoms with E-state index in [1.54, 1.807) is 10.7 Å². The van der Waals surface area contributed by atoms with E-state index in [2.05, 4.69) is 20.4 Å². The SMILES string of the molecule is CC(C)Oc1cccc2nc(Nc3ccccn3)nn12. The van der Waals surface area contributed by atoms with Crippen molar-refractivity contribution in [3.05, 3.63) is 42.6 Å². The maximum atomic E-state index is 5.71. The fourth-order valence-electron chi connectivity index (χ4n) is 1.82. The summed E-state index contributed by atoms with van der Waals surface area (Å²) in [5.41, 5.74) is 0.724. The van der Waals surface area contributed by atoms with Crippen molar-refractivity contribution < 1.29 is 4.74 Å². The van der Waals surface area contributed by atoms with E-state index < -0.39 is 0 Å². The quantitative estimate of drug-likeness (QED) is 0.788. The third kappa shape index (κ3) is 2.54. The number of rotatable bonds is 4. The summed E-state index contributed by atoms with van der Waals surface area (Å²) < 4.78 is 7.38. The highest BCUT2D eigenvalue weighted by atomic mass is 16.5. The molecule has 0 atom stereocenters. The Balaban J connectivity index is 1.94. The minimum atomic E-state index is 0.0806. The molecule has 0 saturated heterocycles. The Kier molecular flexibility index (Phi) is 3.20. The van der Waals surface area contributed by atoms with Gasteiger partial charge >= 0.3 is 0 Å². The van der Waals surface area contributed by atoms with Crippen molar-refractivity contribution in [2.24, 2.45) is 0 Å². The number of ether oxygens (including phenoxy) is 1. The molecule has 6 nitrogen and oxygen atoms in total. The van der Waals surface area contributed by atoms with E-state index in [1.165, 1.54) is 0 Å². The highest BCUT2D eigenvalue weighted by Gasteiger charge is 2.09. The number of nitrogens with zero attached hydrogens (tertiary/aromatic N) is 4. The predicted octanol–water partition coefficient (Wildman–Crippen LogP) is 2.66. The van der Waals surface area contributed by atoms with Crippen molar-refractivity contribution in [1.82, 2.24) is 19.6 Å². The van der Waals surface area contributed by atoms with Crippen molar-refractivity contribution >= 4 is 17.4 Å². The van der Waals surface area contributed by atoms with Crippen LogP contribution in [0, 0.1) is 0 Å². The Morgan fingerprint density at radius 3 is 2.80 bits per heavy atom. The summed E-state index contributed by atoms with van der Waals surface area (Å²) >= 11 is 0. The van der Waals surface area contributed by atoms with E-state index >= 15 is 0 Å². The molecule has 1 N–H and O–H groups in total. The summed E-state index contributed by atoms with van der Waals surface area (Å²) in [4.78, 5) is 8.58. The fourth-order valence-corrected chi connectivity index (χ4v) is 1.82. The van der Waals surface area contributed by atoms with Crippen LogP contribution in [0.1, 0.15) is 13.8 Å². The van der Waals surface area contributed by atoms with E-state index in [1.807, 2.05) is 50.2 Å². The largest absolute Gasteiger partial charge is 0.475 e. The van der Waals surface area contributed by atoms with Gasteiger partial charge in [-0.05, 0) is 32.0 Å². The molecule has 0 saturated carbocycles. The van der Waals surface area contributed by atoms with Gasteiger partial charge in [0.05, 0.1) is 6.10 Å². The summed E-state index contributed by atoms with van der Waals surface area (Å²) in [7, 11) is 0. The van der Waals surface area contributed by atoms with Crippen LogP contribution in [-0.4, -0.2) is 25.7 Å². The molecule has 0 aliphatic carbocycles. The van der Waals surface area contributed by atoms with Crippen molar-refractivity contribution in [2.45, 2.75) is 20.0 Å². The van der Waals surface area contributed by atoms with Crippen molar-refractivity contribution in [2.75, 3.05) is 5.32 Å². The first-order chi connectivity index (χ1) is 9.72. The van der Waals surface area contributed by atoms with E-state index in [-0.39, 0.29) is 6.10 Å². The number of nitrogens with one attached hydrogen (secondary N) is 1. The molecule has 0 amide bonds. The van der Waals surface area contributed by atoms with Gasteiger partial charge in [0.15, 0.2) is 5.65 Å². The van der Waals surface area contributed by atoms with E-state index in [0.29, 0.717) is 17.6 Å². The molecule has 3 heterocycles. The second-order valence-corrected chi connectivity index (χ2v) is 4.58. The minimum Gasteiger partial charge on any atom is -0.475 e. The van der Waals surface area contributed by atoms with Crippen molar-refractivity contribution in [1.29, 1.82) is 0 Å². The average Bonchev–Trinajstić information content (AvgIpc) is 2.83. The summed E-state index contributed by atoms with van der Waals surface area (Å²) in [6.07, 6.45) is 1.79. The van der Waals surface area contributed by atoms with Gasteiger partial charge < -0.3 is 10.1 Å². The summed E-state index contributed by atoms with van der Waals surface area (Å²) in [5.74, 6) is 1.86. The highest BCUT2D eigenvalue weighted by Crippen LogP contribution is 2.17. The highest BCUT2D eigenvalue weighted by molar-refractivity contribution is 5.52. The molecule has 0 radical (unpaired) electrons. The number of fused-ring (bicyclic) bond motifs is 1. The number of anilines is 2. The van der Waals surface area contributed by atoms with Gasteiger partial charge in [-0.1, -0.05) is 12.1 Å². The van der Waals surface area contributed by atoms with E-state index in [0.717, 1.165) is 5.65 Å². The zero-order valence-electron chi connectivity index (χ0n) is 11.3. The molecular formula is C14H15N5O. The second-order valence-electron chi connectivity index (χ2n) is 4.58. The van der Waals surface area contributed by atoms with Gasteiger partial charge in [0.2, 0.25) is 11.8 Å². The minimum absolute atomic E-state index is 0.0806. The Morgan fingerprint density at radius 1 is 1.15 bits per heavy atom. The molecule has 0 aromatic carbocycles. The number of hydrogen-bond donors (Lipinski definition) is 1. The zero-order chi connectivity index (χ0) is 13.9. The Bertz CT molecular complexity index is 708. The lowest BCUT2D eigenvalue weighted by atomic mass is 10.4. The summed E-state index contributed by atoms with van der Waals surface area (Å²) in [6.45, 7) is 3.95. The molecule has 3 aromatic heterocycles. The third-order valence-electron chi connectivity index (χ3n) is 2.59. The van der Waals surface area contributed by atoms with Crippen LogP contribution < -0.4 is 10.1 Å². The lowest BCUT2D eigenvalue weighted by Gasteiger charge is -2.09. The molecule has 0 aliphatic heterocycles. The molecule has 6 heteroatoms. The summed E-state index contributed by atoms with van der Waals surface area (Å²) in [6, 6.07) is 11.3. The van der Waals surface area contributed by atoms with Crippen LogP contribution in [0.3, 0.4) is 0 Å². The normalized spacial score (nSPS) is 10.9. The first-order valence-corrected chi connectivity index (χ1v) is 6.43. The summed E-state index contributed by atoms with van der Waals surface area (Å²) in [5, 5.41) is 7.45. The average molecular weight is 269 g/mol. The van der Waals surface area contributed by atoms with Crippen molar-refractivity contribution in [3.8, 4) is 5.88 Å². The number of hydrogen-bond acceptors (Lipinski definition) is 5. The van der Waals surface area contributed by atoms with Gasteiger partial charge in [0.25, 0.3) is 0 Å². The van der Waals surface area contributed by atoms with Crippen LogP contribution in [0.25, 0.3) is 5.65 Å². The van der Waals surface area contributed by atoms with E-state index in [9.17, 15) is 0 Å². The van der Waals surface area contributed by atoms with Crippen LogP contribution in [-0.2, 0) is 0 Å². The van der Waals surface area contributed by atoms with Crippen LogP contribution in [0.2, 0.25) is 0 Å². The van der Waals surface area contributed by atoms with Gasteiger partial charge in [0, 0.05) is 12.3 Å². The van der Waals surface area contributed by atoms with Gasteiger partial charge in [-0.3, -0.25) is 0 Å². The second kappa shape index (κ2) is 5.16. The van der Waals surface area contributed by atoms with Gasteiger partial charge in [-0.15, -0.1) is 5.10 Å².